The van der Waals surface area contributed by atoms with Crippen molar-refractivity contribution in [1.82, 2.24) is 5.32 Å². The van der Waals surface area contributed by atoms with Crippen LogP contribution in [-0.2, 0) is 10.1 Å². The zero-order chi connectivity index (χ0) is 8.91. The first kappa shape index (κ1) is 10.9. The first-order valence-corrected chi connectivity index (χ1v) is 5.15. The fraction of sp³-hybridized carbons (Fsp3) is 1.00. The van der Waals surface area contributed by atoms with E-state index in [1.807, 2.05) is 6.92 Å². The lowest BCUT2D eigenvalue weighted by atomic mass is 10.3. The Hall–Kier alpha value is -0.130. The van der Waals surface area contributed by atoms with Gasteiger partial charge in [0.15, 0.2) is 0 Å². The second-order valence-electron chi connectivity index (χ2n) is 2.47. The average molecular weight is 181 g/mol. The molecule has 0 saturated heterocycles. The second kappa shape index (κ2) is 4.69. The van der Waals surface area contributed by atoms with Crippen LogP contribution >= 0.6 is 0 Å². The van der Waals surface area contributed by atoms with Crippen LogP contribution in [0, 0.1) is 0 Å². The van der Waals surface area contributed by atoms with E-state index in [-0.39, 0.29) is 0 Å². The van der Waals surface area contributed by atoms with E-state index in [0.717, 1.165) is 6.54 Å². The van der Waals surface area contributed by atoms with E-state index >= 15 is 0 Å². The van der Waals surface area contributed by atoms with Crippen molar-refractivity contribution in [2.75, 3.05) is 13.1 Å². The normalized spacial score (nSPS) is 14.8. The van der Waals surface area contributed by atoms with Crippen LogP contribution in [0.1, 0.15) is 20.3 Å². The molecule has 0 saturated carbocycles. The van der Waals surface area contributed by atoms with Gasteiger partial charge in [-0.15, -0.1) is 0 Å². The highest BCUT2D eigenvalue weighted by atomic mass is 32.2. The van der Waals surface area contributed by atoms with Crippen LogP contribution in [-0.4, -0.2) is 31.3 Å². The highest BCUT2D eigenvalue weighted by molar-refractivity contribution is 7.86. The third-order valence-corrected chi connectivity index (χ3v) is 2.74. The Kier molecular flexibility index (Phi) is 4.63. The van der Waals surface area contributed by atoms with Crippen LogP contribution in [0.3, 0.4) is 0 Å². The van der Waals surface area contributed by atoms with Crippen molar-refractivity contribution in [3.05, 3.63) is 0 Å². The van der Waals surface area contributed by atoms with Gasteiger partial charge < -0.3 is 5.32 Å². The Balaban J connectivity index is 3.62. The molecule has 1 atom stereocenters. The van der Waals surface area contributed by atoms with Gasteiger partial charge in [-0.2, -0.15) is 8.42 Å². The third kappa shape index (κ3) is 5.17. The van der Waals surface area contributed by atoms with Crippen molar-refractivity contribution in [3.8, 4) is 0 Å². The van der Waals surface area contributed by atoms with Crippen LogP contribution < -0.4 is 5.32 Å². The van der Waals surface area contributed by atoms with Gasteiger partial charge in [0.25, 0.3) is 10.1 Å². The summed E-state index contributed by atoms with van der Waals surface area (Å²) in [5.41, 5.74) is 0. The molecular formula is C6H15NO3S. The zero-order valence-electron chi connectivity index (χ0n) is 6.87. The van der Waals surface area contributed by atoms with Gasteiger partial charge in [-0.3, -0.25) is 4.55 Å². The third-order valence-electron chi connectivity index (χ3n) is 1.49. The zero-order valence-corrected chi connectivity index (χ0v) is 7.69. The van der Waals surface area contributed by atoms with Crippen molar-refractivity contribution in [2.45, 2.75) is 25.5 Å². The van der Waals surface area contributed by atoms with Crippen LogP contribution in [0.25, 0.3) is 0 Å². The lowest BCUT2D eigenvalue weighted by molar-refractivity contribution is 0.464. The summed E-state index contributed by atoms with van der Waals surface area (Å²) in [6, 6.07) is 0. The van der Waals surface area contributed by atoms with E-state index in [1.165, 1.54) is 6.92 Å². The number of nitrogens with one attached hydrogen (secondary N) is 1. The minimum absolute atomic E-state index is 0.451. The Morgan fingerprint density at radius 1 is 1.55 bits per heavy atom. The lowest BCUT2D eigenvalue weighted by Crippen LogP contribution is -2.23. The number of rotatable bonds is 5. The maximum absolute atomic E-state index is 10.5. The highest BCUT2D eigenvalue weighted by Crippen LogP contribution is 2.00. The van der Waals surface area contributed by atoms with Gasteiger partial charge in [0.2, 0.25) is 0 Å². The molecule has 0 aliphatic rings. The molecule has 11 heavy (non-hydrogen) atoms. The lowest BCUT2D eigenvalue weighted by Gasteiger charge is -2.06. The number of hydrogen-bond acceptors (Lipinski definition) is 3. The maximum Gasteiger partial charge on any atom is 0.267 e. The molecule has 0 amide bonds. The van der Waals surface area contributed by atoms with Crippen molar-refractivity contribution >= 4 is 10.1 Å². The fourth-order valence-electron chi connectivity index (χ4n) is 0.631. The molecule has 2 N–H and O–H groups in total. The van der Waals surface area contributed by atoms with Gasteiger partial charge in [0.05, 0.1) is 5.25 Å². The molecule has 0 spiro atoms. The predicted octanol–water partition coefficient (Wildman–Crippen LogP) is 0.262. The van der Waals surface area contributed by atoms with Crippen LogP contribution in [0.2, 0.25) is 0 Å². The van der Waals surface area contributed by atoms with E-state index in [2.05, 4.69) is 5.32 Å². The molecule has 1 unspecified atom stereocenters. The van der Waals surface area contributed by atoms with E-state index in [0.29, 0.717) is 13.0 Å². The second-order valence-corrected chi connectivity index (χ2v) is 4.30. The monoisotopic (exact) mass is 181 g/mol. The summed E-state index contributed by atoms with van der Waals surface area (Å²) in [6.45, 7) is 4.88. The minimum atomic E-state index is -3.82. The first-order chi connectivity index (χ1) is 4.98. The average Bonchev–Trinajstić information content (AvgIpc) is 1.86. The Bertz CT molecular complexity index is 188. The predicted molar refractivity (Wildman–Crippen MR) is 44.2 cm³/mol. The van der Waals surface area contributed by atoms with Gasteiger partial charge in [0.1, 0.15) is 0 Å². The van der Waals surface area contributed by atoms with Gasteiger partial charge in [0, 0.05) is 0 Å². The molecule has 4 nitrogen and oxygen atoms in total. The summed E-state index contributed by atoms with van der Waals surface area (Å²) in [5.74, 6) is 0. The Morgan fingerprint density at radius 3 is 2.45 bits per heavy atom. The molecule has 0 aromatic carbocycles. The largest absolute Gasteiger partial charge is 0.317 e. The van der Waals surface area contributed by atoms with Crippen molar-refractivity contribution in [1.29, 1.82) is 0 Å². The quantitative estimate of drug-likeness (QED) is 0.471. The van der Waals surface area contributed by atoms with Gasteiger partial charge in [-0.1, -0.05) is 6.92 Å². The topological polar surface area (TPSA) is 66.4 Å². The summed E-state index contributed by atoms with van der Waals surface area (Å²) in [7, 11) is -3.82. The molecule has 0 bridgehead atoms. The molecular weight excluding hydrogens is 166 g/mol. The van der Waals surface area contributed by atoms with E-state index < -0.39 is 15.4 Å². The van der Waals surface area contributed by atoms with Gasteiger partial charge in [-0.25, -0.2) is 0 Å². The van der Waals surface area contributed by atoms with Crippen molar-refractivity contribution in [2.24, 2.45) is 0 Å². The van der Waals surface area contributed by atoms with Crippen molar-refractivity contribution < 1.29 is 13.0 Å². The molecule has 0 aliphatic carbocycles. The van der Waals surface area contributed by atoms with Gasteiger partial charge >= 0.3 is 0 Å². The minimum Gasteiger partial charge on any atom is -0.317 e. The molecule has 0 heterocycles. The highest BCUT2D eigenvalue weighted by Gasteiger charge is 2.15. The summed E-state index contributed by atoms with van der Waals surface area (Å²) >= 11 is 0. The molecule has 68 valence electrons. The summed E-state index contributed by atoms with van der Waals surface area (Å²) in [6.07, 6.45) is 0.451. The molecule has 0 aromatic heterocycles. The maximum atomic E-state index is 10.5. The molecule has 5 heteroatoms. The van der Waals surface area contributed by atoms with E-state index in [9.17, 15) is 8.42 Å². The Labute approximate surface area is 67.7 Å². The standard InChI is InChI=1S/C6H15NO3S/c1-3-7-5-4-6(2)11(8,9)10/h6-7H,3-5H2,1-2H3,(H,8,9,10). The van der Waals surface area contributed by atoms with Crippen LogP contribution in [0.15, 0.2) is 0 Å². The molecule has 0 aromatic rings. The summed E-state index contributed by atoms with van der Waals surface area (Å²) in [4.78, 5) is 0. The van der Waals surface area contributed by atoms with Crippen molar-refractivity contribution in [3.63, 3.8) is 0 Å². The fourth-order valence-corrected chi connectivity index (χ4v) is 1.05. The first-order valence-electron chi connectivity index (χ1n) is 3.65. The van der Waals surface area contributed by atoms with Gasteiger partial charge in [-0.05, 0) is 26.4 Å². The van der Waals surface area contributed by atoms with E-state index in [4.69, 9.17) is 4.55 Å². The molecule has 0 rings (SSSR count). The van der Waals surface area contributed by atoms with E-state index in [1.54, 1.807) is 0 Å². The molecule has 0 aliphatic heterocycles. The van der Waals surface area contributed by atoms with Crippen LogP contribution in [0.5, 0.6) is 0 Å². The summed E-state index contributed by atoms with van der Waals surface area (Å²) < 4.78 is 29.4. The molecule has 0 radical (unpaired) electrons. The SMILES string of the molecule is CCNCCC(C)S(=O)(=O)O. The molecule has 0 fully saturated rings. The number of hydrogen-bond donors (Lipinski definition) is 2. The van der Waals surface area contributed by atoms with Crippen LogP contribution in [0.4, 0.5) is 0 Å². The summed E-state index contributed by atoms with van der Waals surface area (Å²) in [5, 5.41) is 2.31. The smallest absolute Gasteiger partial charge is 0.267 e. The Morgan fingerprint density at radius 2 is 2.09 bits per heavy atom.